The Balaban J connectivity index is 2.00. The average Bonchev–Trinajstić information content (AvgIpc) is 2.70. The molecule has 1 fully saturated rings. The number of urea groups is 1. The van der Waals surface area contributed by atoms with Crippen LogP contribution in [-0.2, 0) is 14.4 Å². The van der Waals surface area contributed by atoms with Gasteiger partial charge in [-0.05, 0) is 36.4 Å². The van der Waals surface area contributed by atoms with E-state index in [1.54, 1.807) is 0 Å². The lowest BCUT2D eigenvalue weighted by Crippen LogP contribution is -2.54. The quantitative estimate of drug-likeness (QED) is 0.297. The average molecular weight is 445 g/mol. The molecular formula is C19H13ClN4O7. The summed E-state index contributed by atoms with van der Waals surface area (Å²) in [6.07, 6.45) is 1.14. The van der Waals surface area contributed by atoms with E-state index in [0.29, 0.717) is 4.90 Å². The van der Waals surface area contributed by atoms with E-state index >= 15 is 0 Å². The number of nitrogens with one attached hydrogen (secondary N) is 1. The van der Waals surface area contributed by atoms with Gasteiger partial charge in [0, 0.05) is 22.7 Å². The Bertz CT molecular complexity index is 1140. The largest absolute Gasteiger partial charge is 0.483 e. The molecule has 1 aliphatic heterocycles. The number of non-ortho nitro benzene ring substituents is 1. The molecule has 0 unspecified atom stereocenters. The van der Waals surface area contributed by atoms with Crippen LogP contribution in [0.3, 0.4) is 0 Å². The number of carbonyl (C=O) groups excluding carboxylic acids is 4. The highest BCUT2D eigenvalue weighted by molar-refractivity contribution is 6.39. The van der Waals surface area contributed by atoms with E-state index in [1.165, 1.54) is 30.3 Å². The summed E-state index contributed by atoms with van der Waals surface area (Å²) in [5.41, 5.74) is 4.60. The van der Waals surface area contributed by atoms with E-state index in [-0.39, 0.29) is 27.7 Å². The van der Waals surface area contributed by atoms with E-state index in [2.05, 4.69) is 0 Å². The second-order valence-corrected chi connectivity index (χ2v) is 6.60. The molecule has 1 heterocycles. The number of primary amides is 1. The lowest BCUT2D eigenvalue weighted by Gasteiger charge is -2.26. The predicted molar refractivity (Wildman–Crippen MR) is 108 cm³/mol. The Morgan fingerprint density at radius 3 is 2.48 bits per heavy atom. The number of nitro groups is 1. The second-order valence-electron chi connectivity index (χ2n) is 6.17. The van der Waals surface area contributed by atoms with Crippen LogP contribution in [0.25, 0.3) is 6.08 Å². The minimum atomic E-state index is -1.02. The van der Waals surface area contributed by atoms with E-state index in [1.807, 2.05) is 5.32 Å². The number of hydrogen-bond acceptors (Lipinski definition) is 7. The standard InChI is InChI=1S/C19H13ClN4O7/c20-11-1-6-15(31-9-16(21)25)10(7-11)8-14-17(26)22-19(28)23(18(14)27)12-2-4-13(5-3-12)24(29)30/h1-8H,9H2,(H2,21,25)(H,22,26,28)/b14-8+. The topological polar surface area (TPSA) is 162 Å². The number of carbonyl (C=O) groups is 4. The van der Waals surface area contributed by atoms with Gasteiger partial charge >= 0.3 is 6.03 Å². The van der Waals surface area contributed by atoms with Gasteiger partial charge in [-0.1, -0.05) is 11.6 Å². The van der Waals surface area contributed by atoms with Crippen molar-refractivity contribution in [2.24, 2.45) is 5.73 Å². The molecule has 0 aliphatic carbocycles. The molecule has 3 rings (SSSR count). The van der Waals surface area contributed by atoms with Crippen molar-refractivity contribution in [1.29, 1.82) is 0 Å². The number of benzene rings is 2. The zero-order valence-electron chi connectivity index (χ0n) is 15.5. The number of halogens is 1. The van der Waals surface area contributed by atoms with Gasteiger partial charge in [-0.2, -0.15) is 0 Å². The van der Waals surface area contributed by atoms with Gasteiger partial charge in [-0.3, -0.25) is 29.8 Å². The number of imide groups is 2. The first-order valence-electron chi connectivity index (χ1n) is 8.54. The van der Waals surface area contributed by atoms with Crippen LogP contribution in [0.4, 0.5) is 16.2 Å². The fourth-order valence-electron chi connectivity index (χ4n) is 2.68. The molecule has 2 aromatic rings. The molecule has 0 spiro atoms. The number of nitrogens with two attached hydrogens (primary N) is 1. The number of anilines is 1. The molecule has 31 heavy (non-hydrogen) atoms. The van der Waals surface area contributed by atoms with Crippen LogP contribution in [0, 0.1) is 10.1 Å². The maximum atomic E-state index is 12.9. The summed E-state index contributed by atoms with van der Waals surface area (Å²) < 4.78 is 5.27. The third-order valence-electron chi connectivity index (χ3n) is 4.06. The van der Waals surface area contributed by atoms with E-state index in [0.717, 1.165) is 18.2 Å². The molecule has 0 aromatic heterocycles. The summed E-state index contributed by atoms with van der Waals surface area (Å²) in [4.78, 5) is 59.3. The molecular weight excluding hydrogens is 432 g/mol. The molecule has 12 heteroatoms. The highest BCUT2D eigenvalue weighted by Gasteiger charge is 2.37. The molecule has 0 atom stereocenters. The third-order valence-corrected chi connectivity index (χ3v) is 4.30. The van der Waals surface area contributed by atoms with Crippen molar-refractivity contribution in [3.63, 3.8) is 0 Å². The van der Waals surface area contributed by atoms with Crippen molar-refractivity contribution in [3.8, 4) is 5.75 Å². The lowest BCUT2D eigenvalue weighted by atomic mass is 10.1. The number of nitrogens with zero attached hydrogens (tertiary/aromatic N) is 2. The van der Waals surface area contributed by atoms with Gasteiger partial charge in [-0.25, -0.2) is 9.69 Å². The maximum Gasteiger partial charge on any atom is 0.335 e. The van der Waals surface area contributed by atoms with E-state index < -0.39 is 40.9 Å². The summed E-state index contributed by atoms with van der Waals surface area (Å²) in [6.45, 7) is -0.453. The maximum absolute atomic E-state index is 12.9. The van der Waals surface area contributed by atoms with Crippen LogP contribution in [0.1, 0.15) is 5.56 Å². The van der Waals surface area contributed by atoms with Crippen molar-refractivity contribution < 1.29 is 28.8 Å². The summed E-state index contributed by atoms with van der Waals surface area (Å²) in [7, 11) is 0. The molecule has 0 bridgehead atoms. The summed E-state index contributed by atoms with van der Waals surface area (Å²) in [5.74, 6) is -2.55. The Hall–Kier alpha value is -4.25. The number of amides is 5. The van der Waals surface area contributed by atoms with E-state index in [9.17, 15) is 29.3 Å². The van der Waals surface area contributed by atoms with Gasteiger partial charge < -0.3 is 10.5 Å². The van der Waals surface area contributed by atoms with Gasteiger partial charge in [0.2, 0.25) is 0 Å². The SMILES string of the molecule is NC(=O)COc1ccc(Cl)cc1/C=C1\C(=O)NC(=O)N(c2ccc([N+](=O)[O-])cc2)C1=O. The number of hydrogen-bond donors (Lipinski definition) is 2. The number of rotatable bonds is 6. The molecule has 1 aliphatic rings. The van der Waals surface area contributed by atoms with Crippen molar-refractivity contribution >= 4 is 52.8 Å². The summed E-state index contributed by atoms with van der Waals surface area (Å²) in [5, 5.41) is 13.1. The number of nitro benzene ring substituents is 1. The zero-order valence-corrected chi connectivity index (χ0v) is 16.3. The first-order chi connectivity index (χ1) is 14.7. The predicted octanol–water partition coefficient (Wildman–Crippen LogP) is 1.78. The van der Waals surface area contributed by atoms with Crippen molar-refractivity contribution in [1.82, 2.24) is 5.32 Å². The van der Waals surface area contributed by atoms with Crippen LogP contribution in [0.5, 0.6) is 5.75 Å². The second kappa shape index (κ2) is 8.63. The third kappa shape index (κ3) is 4.67. The van der Waals surface area contributed by atoms with Crippen LogP contribution < -0.4 is 20.7 Å². The minimum absolute atomic E-state index is 0.0165. The zero-order chi connectivity index (χ0) is 22.7. The molecule has 11 nitrogen and oxygen atoms in total. The molecule has 0 saturated carbocycles. The monoisotopic (exact) mass is 444 g/mol. The van der Waals surface area contributed by atoms with Crippen LogP contribution in [-0.4, -0.2) is 35.3 Å². The molecule has 158 valence electrons. The van der Waals surface area contributed by atoms with E-state index in [4.69, 9.17) is 22.1 Å². The normalized spacial score (nSPS) is 15.1. The summed E-state index contributed by atoms with van der Waals surface area (Å²) >= 11 is 5.98. The minimum Gasteiger partial charge on any atom is -0.483 e. The van der Waals surface area contributed by atoms with Gasteiger partial charge in [0.25, 0.3) is 23.4 Å². The highest BCUT2D eigenvalue weighted by Crippen LogP contribution is 2.28. The Kier molecular flexibility index (Phi) is 5.97. The Labute approximate surface area is 179 Å². The molecule has 2 aromatic carbocycles. The van der Waals surface area contributed by atoms with Crippen LogP contribution in [0.2, 0.25) is 5.02 Å². The molecule has 5 amide bonds. The molecule has 3 N–H and O–H groups in total. The van der Waals surface area contributed by atoms with Crippen LogP contribution in [0.15, 0.2) is 48.0 Å². The van der Waals surface area contributed by atoms with Gasteiger partial charge in [0.1, 0.15) is 11.3 Å². The van der Waals surface area contributed by atoms with Crippen molar-refractivity contribution in [3.05, 3.63) is 68.7 Å². The lowest BCUT2D eigenvalue weighted by molar-refractivity contribution is -0.384. The van der Waals surface area contributed by atoms with Crippen molar-refractivity contribution in [2.45, 2.75) is 0 Å². The smallest absolute Gasteiger partial charge is 0.335 e. The first kappa shape index (κ1) is 21.5. The number of ether oxygens (including phenoxy) is 1. The fraction of sp³-hybridized carbons (Fsp3) is 0.0526. The van der Waals surface area contributed by atoms with Gasteiger partial charge in [0.15, 0.2) is 6.61 Å². The highest BCUT2D eigenvalue weighted by atomic mass is 35.5. The molecule has 1 saturated heterocycles. The van der Waals surface area contributed by atoms with Gasteiger partial charge in [-0.15, -0.1) is 0 Å². The number of barbiturate groups is 1. The molecule has 0 radical (unpaired) electrons. The Morgan fingerprint density at radius 2 is 1.87 bits per heavy atom. The van der Waals surface area contributed by atoms with Crippen LogP contribution >= 0.6 is 11.6 Å². The Morgan fingerprint density at radius 1 is 1.19 bits per heavy atom. The van der Waals surface area contributed by atoms with Crippen molar-refractivity contribution in [2.75, 3.05) is 11.5 Å². The first-order valence-corrected chi connectivity index (χ1v) is 8.91. The summed E-state index contributed by atoms with van der Waals surface area (Å²) in [6, 6.07) is 7.88. The van der Waals surface area contributed by atoms with Gasteiger partial charge in [0.05, 0.1) is 10.6 Å². The fourth-order valence-corrected chi connectivity index (χ4v) is 2.86.